The summed E-state index contributed by atoms with van der Waals surface area (Å²) in [5.41, 5.74) is 5.05. The van der Waals surface area contributed by atoms with Crippen molar-refractivity contribution in [3.8, 4) is 35.4 Å². The van der Waals surface area contributed by atoms with Crippen molar-refractivity contribution in [3.63, 3.8) is 0 Å². The fraction of sp³-hybridized carbons (Fsp3) is 0.143. The highest BCUT2D eigenvalue weighted by molar-refractivity contribution is 5.89. The molecule has 0 aliphatic carbocycles. The smallest absolute Gasteiger partial charge is 0.100 e. The average molecular weight is 309 g/mol. The van der Waals surface area contributed by atoms with E-state index < -0.39 is 0 Å². The van der Waals surface area contributed by atoms with Crippen molar-refractivity contribution in [3.05, 3.63) is 58.8 Å². The third-order valence-corrected chi connectivity index (χ3v) is 3.77. The van der Waals surface area contributed by atoms with Gasteiger partial charge in [0, 0.05) is 16.5 Å². The largest absolute Gasteiger partial charge is 0.233 e. The minimum absolute atomic E-state index is 0.568. The summed E-state index contributed by atoms with van der Waals surface area (Å²) >= 11 is 0. The van der Waals surface area contributed by atoms with E-state index in [-0.39, 0.29) is 0 Å². The van der Waals surface area contributed by atoms with Gasteiger partial charge in [0.25, 0.3) is 0 Å². The first-order valence-electron chi connectivity index (χ1n) is 7.58. The van der Waals surface area contributed by atoms with E-state index in [0.29, 0.717) is 11.1 Å². The molecule has 3 aromatic rings. The van der Waals surface area contributed by atoms with Crippen LogP contribution in [0.25, 0.3) is 16.6 Å². The third kappa shape index (κ3) is 2.52. The van der Waals surface area contributed by atoms with Crippen LogP contribution in [0.15, 0.2) is 36.4 Å². The van der Waals surface area contributed by atoms with Crippen LogP contribution in [-0.2, 0) is 0 Å². The summed E-state index contributed by atoms with van der Waals surface area (Å²) < 4.78 is 1.88. The lowest BCUT2D eigenvalue weighted by Crippen LogP contribution is -1.98. The topological polar surface area (TPSA) is 41.6 Å². The van der Waals surface area contributed by atoms with Gasteiger partial charge in [-0.05, 0) is 51.1 Å². The lowest BCUT2D eigenvalue weighted by atomic mass is 10.1. The summed E-state index contributed by atoms with van der Waals surface area (Å²) in [7, 11) is 0. The maximum atomic E-state index is 9.22. The van der Waals surface area contributed by atoms with Crippen LogP contribution < -0.4 is 0 Å². The quantitative estimate of drug-likeness (QED) is 0.639. The van der Waals surface area contributed by atoms with Crippen LogP contribution in [0.2, 0.25) is 0 Å². The van der Waals surface area contributed by atoms with Crippen LogP contribution >= 0.6 is 0 Å². The Morgan fingerprint density at radius 2 is 1.71 bits per heavy atom. The molecule has 0 amide bonds. The average Bonchev–Trinajstić information content (AvgIpc) is 2.93. The second-order valence-electron chi connectivity index (χ2n) is 5.29. The number of fused-ring (bicyclic) bond motifs is 1. The molecule has 3 nitrogen and oxygen atoms in total. The molecule has 0 N–H and O–H groups in total. The second-order valence-corrected chi connectivity index (χ2v) is 5.29. The molecule has 0 unspecified atom stereocenters. The molecule has 0 fully saturated rings. The van der Waals surface area contributed by atoms with E-state index in [9.17, 15) is 5.26 Å². The number of nitriles is 1. The van der Waals surface area contributed by atoms with E-state index in [0.717, 1.165) is 27.8 Å². The highest BCUT2D eigenvalue weighted by atomic mass is 15.3. The molecule has 3 heteroatoms. The summed E-state index contributed by atoms with van der Waals surface area (Å²) in [4.78, 5) is 0. The SMILES string of the molecule is CC#Cc1cc(-n2nc(C)c3c(C#CC)cccc32)ccc1C#N. The Hall–Kier alpha value is -3.48. The van der Waals surface area contributed by atoms with E-state index in [4.69, 9.17) is 0 Å². The summed E-state index contributed by atoms with van der Waals surface area (Å²) in [6, 6.07) is 13.8. The molecule has 0 aliphatic heterocycles. The number of aryl methyl sites for hydroxylation is 1. The Morgan fingerprint density at radius 1 is 0.958 bits per heavy atom. The molecule has 0 saturated heterocycles. The van der Waals surface area contributed by atoms with Crippen LogP contribution in [-0.4, -0.2) is 9.78 Å². The molecule has 0 spiro atoms. The second kappa shape index (κ2) is 6.33. The Kier molecular flexibility index (Phi) is 4.07. The minimum Gasteiger partial charge on any atom is -0.233 e. The third-order valence-electron chi connectivity index (χ3n) is 3.77. The van der Waals surface area contributed by atoms with E-state index in [2.05, 4.69) is 34.8 Å². The van der Waals surface area contributed by atoms with Gasteiger partial charge < -0.3 is 0 Å². The molecule has 1 heterocycles. The van der Waals surface area contributed by atoms with Gasteiger partial charge in [-0.25, -0.2) is 4.68 Å². The van der Waals surface area contributed by atoms with E-state index in [1.54, 1.807) is 13.0 Å². The van der Waals surface area contributed by atoms with Crippen LogP contribution in [0.4, 0.5) is 0 Å². The lowest BCUT2D eigenvalue weighted by Gasteiger charge is -2.05. The maximum absolute atomic E-state index is 9.22. The summed E-state index contributed by atoms with van der Waals surface area (Å²) in [5.74, 6) is 11.9. The normalized spacial score (nSPS) is 9.58. The van der Waals surface area contributed by atoms with Crippen molar-refractivity contribution >= 4 is 10.9 Å². The predicted octanol–water partition coefficient (Wildman–Crippen LogP) is 3.95. The van der Waals surface area contributed by atoms with Gasteiger partial charge in [-0.3, -0.25) is 0 Å². The molecule has 0 atom stereocenters. The van der Waals surface area contributed by atoms with E-state index in [1.165, 1.54) is 0 Å². The van der Waals surface area contributed by atoms with Crippen molar-refractivity contribution < 1.29 is 0 Å². The molecular weight excluding hydrogens is 294 g/mol. The minimum atomic E-state index is 0.568. The van der Waals surface area contributed by atoms with Crippen molar-refractivity contribution in [1.82, 2.24) is 9.78 Å². The lowest BCUT2D eigenvalue weighted by molar-refractivity contribution is 0.888. The molecular formula is C21H15N3. The van der Waals surface area contributed by atoms with E-state index >= 15 is 0 Å². The van der Waals surface area contributed by atoms with Crippen molar-refractivity contribution in [2.45, 2.75) is 20.8 Å². The zero-order valence-corrected chi connectivity index (χ0v) is 13.8. The van der Waals surface area contributed by atoms with Crippen LogP contribution in [0, 0.1) is 41.9 Å². The van der Waals surface area contributed by atoms with Crippen molar-refractivity contribution in [2.24, 2.45) is 0 Å². The molecule has 1 aromatic heterocycles. The Balaban J connectivity index is 2.29. The van der Waals surface area contributed by atoms with Gasteiger partial charge in [0.15, 0.2) is 0 Å². The first kappa shape index (κ1) is 15.4. The van der Waals surface area contributed by atoms with Gasteiger partial charge in [0.05, 0.1) is 22.5 Å². The number of hydrogen-bond donors (Lipinski definition) is 0. The number of rotatable bonds is 1. The van der Waals surface area contributed by atoms with Gasteiger partial charge in [-0.1, -0.05) is 17.9 Å². The van der Waals surface area contributed by atoms with E-state index in [1.807, 2.05) is 48.9 Å². The molecule has 114 valence electrons. The Labute approximate surface area is 141 Å². The summed E-state index contributed by atoms with van der Waals surface area (Å²) in [6.45, 7) is 5.57. The first-order chi connectivity index (χ1) is 11.7. The zero-order valence-electron chi connectivity index (χ0n) is 13.8. The standard InChI is InChI=1S/C21H15N3/c1-4-7-16-9-6-10-20-21(16)15(3)23-24(20)19-12-11-18(14-22)17(13-19)8-5-2/h6,9-13H,1-3H3. The van der Waals surface area contributed by atoms with Crippen LogP contribution in [0.1, 0.15) is 36.2 Å². The van der Waals surface area contributed by atoms with Crippen molar-refractivity contribution in [2.75, 3.05) is 0 Å². The van der Waals surface area contributed by atoms with Gasteiger partial charge >= 0.3 is 0 Å². The number of hydrogen-bond acceptors (Lipinski definition) is 2. The number of nitrogens with zero attached hydrogens (tertiary/aromatic N) is 3. The Morgan fingerprint density at radius 3 is 2.42 bits per heavy atom. The van der Waals surface area contributed by atoms with Gasteiger partial charge in [0.2, 0.25) is 0 Å². The summed E-state index contributed by atoms with van der Waals surface area (Å²) in [6.07, 6.45) is 0. The van der Waals surface area contributed by atoms with Gasteiger partial charge in [-0.15, -0.1) is 11.8 Å². The molecule has 3 rings (SSSR count). The van der Waals surface area contributed by atoms with Crippen molar-refractivity contribution in [1.29, 1.82) is 5.26 Å². The first-order valence-corrected chi connectivity index (χ1v) is 7.58. The number of benzene rings is 2. The highest BCUT2D eigenvalue weighted by Gasteiger charge is 2.12. The predicted molar refractivity (Wildman–Crippen MR) is 95.6 cm³/mol. The van der Waals surface area contributed by atoms with Gasteiger partial charge in [0.1, 0.15) is 6.07 Å². The molecule has 0 aliphatic rings. The maximum Gasteiger partial charge on any atom is 0.100 e. The van der Waals surface area contributed by atoms with Gasteiger partial charge in [-0.2, -0.15) is 10.4 Å². The molecule has 0 radical (unpaired) electrons. The zero-order chi connectivity index (χ0) is 17.1. The fourth-order valence-electron chi connectivity index (χ4n) is 2.79. The number of aromatic nitrogens is 2. The molecule has 2 aromatic carbocycles. The fourth-order valence-corrected chi connectivity index (χ4v) is 2.79. The van der Waals surface area contributed by atoms with Crippen LogP contribution in [0.5, 0.6) is 0 Å². The van der Waals surface area contributed by atoms with Crippen LogP contribution in [0.3, 0.4) is 0 Å². The highest BCUT2D eigenvalue weighted by Crippen LogP contribution is 2.25. The molecule has 24 heavy (non-hydrogen) atoms. The molecule has 0 saturated carbocycles. The monoisotopic (exact) mass is 309 g/mol. The Bertz CT molecular complexity index is 1100. The molecule has 0 bridgehead atoms. The summed E-state index contributed by atoms with van der Waals surface area (Å²) in [5, 5.41) is 15.0.